The molecular weight excluding hydrogens is 613 g/mol. The molecule has 0 aliphatic carbocycles. The van der Waals surface area contributed by atoms with Gasteiger partial charge in [0.05, 0.1) is 11.6 Å². The molecule has 2 amide bonds. The molecule has 3 heterocycles. The number of halogens is 3. The summed E-state index contributed by atoms with van der Waals surface area (Å²) >= 11 is 0. The first-order chi connectivity index (χ1) is 22.7. The number of nitriles is 1. The van der Waals surface area contributed by atoms with E-state index in [-0.39, 0.29) is 5.91 Å². The Labute approximate surface area is 276 Å². The number of aliphatic hydroxyl groups excluding tert-OH is 1. The van der Waals surface area contributed by atoms with E-state index in [1.165, 1.54) is 0 Å². The van der Waals surface area contributed by atoms with E-state index in [1.807, 2.05) is 41.8 Å². The summed E-state index contributed by atoms with van der Waals surface area (Å²) in [6.45, 7) is 8.35. The third kappa shape index (κ3) is 15.5. The molecule has 0 atom stereocenters. The van der Waals surface area contributed by atoms with Crippen molar-refractivity contribution in [3.8, 4) is 6.07 Å². The number of carbonyl (C=O) groups is 2. The van der Waals surface area contributed by atoms with Crippen LogP contribution in [0.1, 0.15) is 75.7 Å². The van der Waals surface area contributed by atoms with E-state index < -0.39 is 12.0 Å². The molecule has 0 bridgehead atoms. The van der Waals surface area contributed by atoms with Crippen molar-refractivity contribution in [3.05, 3.63) is 47.3 Å². The number of rotatable bonds is 12. The Balaban J connectivity index is 0.000000543. The number of nitrogens with zero attached hydrogens (tertiary/aromatic N) is 5. The van der Waals surface area contributed by atoms with Crippen molar-refractivity contribution in [2.45, 2.75) is 71.4 Å². The van der Waals surface area contributed by atoms with Gasteiger partial charge in [0.1, 0.15) is 11.6 Å². The first-order valence-corrected chi connectivity index (χ1v) is 16.3. The van der Waals surface area contributed by atoms with Crippen LogP contribution < -0.4 is 26.2 Å². The Hall–Kier alpha value is -3.96. The number of piperidine rings is 1. The summed E-state index contributed by atoms with van der Waals surface area (Å²) in [4.78, 5) is 33.1. The molecule has 2 aliphatic heterocycles. The van der Waals surface area contributed by atoms with Gasteiger partial charge in [0.2, 0.25) is 18.1 Å². The molecule has 262 valence electrons. The van der Waals surface area contributed by atoms with Crippen molar-refractivity contribution in [3.63, 3.8) is 0 Å². The highest BCUT2D eigenvalue weighted by molar-refractivity contribution is 5.75. The lowest BCUT2D eigenvalue weighted by Crippen LogP contribution is -2.35. The molecule has 4 rings (SSSR count). The van der Waals surface area contributed by atoms with E-state index in [1.54, 1.807) is 18.2 Å². The van der Waals surface area contributed by atoms with E-state index in [0.29, 0.717) is 68.7 Å². The van der Waals surface area contributed by atoms with Crippen LogP contribution in [-0.2, 0) is 22.2 Å². The van der Waals surface area contributed by atoms with Gasteiger partial charge in [0.15, 0.2) is 0 Å². The number of aliphatic hydroxyl groups is 1. The van der Waals surface area contributed by atoms with Crippen LogP contribution in [0.4, 0.5) is 24.8 Å². The summed E-state index contributed by atoms with van der Waals surface area (Å²) in [7, 11) is 1.00. The molecule has 11 nitrogen and oxygen atoms in total. The molecule has 2 aliphatic rings. The Bertz CT molecular complexity index is 1200. The molecule has 2 fully saturated rings. The first-order valence-electron chi connectivity index (χ1n) is 16.3. The zero-order chi connectivity index (χ0) is 35.1. The molecule has 5 N–H and O–H groups in total. The summed E-state index contributed by atoms with van der Waals surface area (Å²) in [5, 5.41) is 20.9. The van der Waals surface area contributed by atoms with Crippen molar-refractivity contribution < 1.29 is 27.9 Å². The molecule has 14 heteroatoms. The van der Waals surface area contributed by atoms with E-state index >= 15 is 0 Å². The number of nitrogens with two attached hydrogens (primary N) is 1. The number of aromatic nitrogens is 2. The van der Waals surface area contributed by atoms with Crippen molar-refractivity contribution in [2.75, 3.05) is 62.7 Å². The number of benzene rings is 1. The van der Waals surface area contributed by atoms with Gasteiger partial charge in [0.25, 0.3) is 0 Å². The third-order valence-electron chi connectivity index (χ3n) is 7.53. The smallest absolute Gasteiger partial charge is 0.400 e. The van der Waals surface area contributed by atoms with Gasteiger partial charge in [-0.25, -0.2) is 9.97 Å². The van der Waals surface area contributed by atoms with Crippen LogP contribution >= 0.6 is 0 Å². The monoisotopic (exact) mass is 664 g/mol. The summed E-state index contributed by atoms with van der Waals surface area (Å²) in [5.41, 5.74) is 7.15. The standard InChI is InChI=1S/C20H31F3N6O.C10H10N2O.C2H6.CH4O/c21-20(22,23)19-26-16(28-10-1-2-11-28)14-17(27-19)29-12-6-15(7-13-29)4-3-5-18(30)25-9-8-24;11-7-10-3-1-9(2-4-10)5-6-12-8-13;2*1-2/h14-15H,1-13,24H2,(H,25,30);1-4,8H,5-6H2,(H,12,13);1-2H3;2H,1H3. The van der Waals surface area contributed by atoms with Gasteiger partial charge in [-0.2, -0.15) is 18.4 Å². The topological polar surface area (TPSA) is 160 Å². The maximum atomic E-state index is 13.3. The van der Waals surface area contributed by atoms with E-state index in [9.17, 15) is 22.8 Å². The van der Waals surface area contributed by atoms with Crippen LogP contribution in [0.2, 0.25) is 0 Å². The Morgan fingerprint density at radius 2 is 1.62 bits per heavy atom. The van der Waals surface area contributed by atoms with E-state index in [4.69, 9.17) is 16.1 Å². The molecule has 0 spiro atoms. The zero-order valence-electron chi connectivity index (χ0n) is 27.9. The average Bonchev–Trinajstić information content (AvgIpc) is 3.65. The first kappa shape index (κ1) is 41.1. The SMILES string of the molecule is CC.CO.N#Cc1ccc(CCNC=O)cc1.NCCNC(=O)CCCC1CCN(c2cc(N3CCCC3)nc(C(F)(F)F)n2)CC1. The number of hydrogen-bond donors (Lipinski definition) is 4. The van der Waals surface area contributed by atoms with Crippen LogP contribution in [-0.4, -0.2) is 80.3 Å². The van der Waals surface area contributed by atoms with Crippen molar-refractivity contribution in [1.29, 1.82) is 5.26 Å². The highest BCUT2D eigenvalue weighted by Gasteiger charge is 2.37. The molecule has 0 unspecified atom stereocenters. The lowest BCUT2D eigenvalue weighted by Gasteiger charge is -2.33. The average molecular weight is 665 g/mol. The maximum absolute atomic E-state index is 13.3. The number of nitrogens with one attached hydrogen (secondary N) is 2. The molecule has 2 saturated heterocycles. The lowest BCUT2D eigenvalue weighted by molar-refractivity contribution is -0.144. The van der Waals surface area contributed by atoms with E-state index in [0.717, 1.165) is 70.7 Å². The summed E-state index contributed by atoms with van der Waals surface area (Å²) in [5.74, 6) is 0.167. The quantitative estimate of drug-likeness (QED) is 0.194. The lowest BCUT2D eigenvalue weighted by atomic mass is 9.91. The number of alkyl halides is 3. The molecule has 47 heavy (non-hydrogen) atoms. The summed E-state index contributed by atoms with van der Waals surface area (Å²) in [6.07, 6.45) is 2.87. The second-order valence-corrected chi connectivity index (χ2v) is 10.7. The number of hydrogen-bond acceptors (Lipinski definition) is 9. The Kier molecular flexibility index (Phi) is 20.4. The minimum absolute atomic E-state index is 0.0213. The Morgan fingerprint density at radius 3 is 2.13 bits per heavy atom. The minimum Gasteiger partial charge on any atom is -0.400 e. The molecular formula is C33H51F3N8O3. The molecule has 1 aromatic carbocycles. The molecule has 2 aromatic rings. The predicted octanol–water partition coefficient (Wildman–Crippen LogP) is 4.04. The van der Waals surface area contributed by atoms with E-state index in [2.05, 4.69) is 20.6 Å². The molecule has 0 radical (unpaired) electrons. The zero-order valence-corrected chi connectivity index (χ0v) is 27.9. The van der Waals surface area contributed by atoms with Crippen molar-refractivity contribution in [2.24, 2.45) is 11.7 Å². The fourth-order valence-corrected chi connectivity index (χ4v) is 5.14. The van der Waals surface area contributed by atoms with Crippen molar-refractivity contribution >= 4 is 24.0 Å². The van der Waals surface area contributed by atoms with Gasteiger partial charge >= 0.3 is 6.18 Å². The van der Waals surface area contributed by atoms with Gasteiger partial charge in [-0.05, 0) is 68.6 Å². The van der Waals surface area contributed by atoms with Gasteiger partial charge in [-0.1, -0.05) is 26.0 Å². The highest BCUT2D eigenvalue weighted by Crippen LogP contribution is 2.33. The molecule has 1 aromatic heterocycles. The predicted molar refractivity (Wildman–Crippen MR) is 178 cm³/mol. The highest BCUT2D eigenvalue weighted by atomic mass is 19.4. The fraction of sp³-hybridized carbons (Fsp3) is 0.606. The number of carbonyl (C=O) groups excluding carboxylic acids is 2. The van der Waals surface area contributed by atoms with Crippen LogP contribution in [0.3, 0.4) is 0 Å². The van der Waals surface area contributed by atoms with Gasteiger partial charge in [-0.3, -0.25) is 9.59 Å². The third-order valence-corrected chi connectivity index (χ3v) is 7.53. The second kappa shape index (κ2) is 23.4. The van der Waals surface area contributed by atoms with Crippen LogP contribution in [0.5, 0.6) is 0 Å². The van der Waals surface area contributed by atoms with Crippen LogP contribution in [0.15, 0.2) is 30.3 Å². The number of amides is 2. The largest absolute Gasteiger partial charge is 0.451 e. The van der Waals surface area contributed by atoms with Gasteiger partial charge in [-0.15, -0.1) is 0 Å². The minimum atomic E-state index is -4.56. The Morgan fingerprint density at radius 1 is 1.04 bits per heavy atom. The van der Waals surface area contributed by atoms with Gasteiger partial charge < -0.3 is 31.3 Å². The normalized spacial score (nSPS) is 14.3. The van der Waals surface area contributed by atoms with Crippen molar-refractivity contribution in [1.82, 2.24) is 20.6 Å². The maximum Gasteiger partial charge on any atom is 0.451 e. The summed E-state index contributed by atoms with van der Waals surface area (Å²) in [6, 6.07) is 11.1. The molecule has 0 saturated carbocycles. The number of anilines is 2. The van der Waals surface area contributed by atoms with Gasteiger partial charge in [0, 0.05) is 65.4 Å². The second-order valence-electron chi connectivity index (χ2n) is 10.7. The summed E-state index contributed by atoms with van der Waals surface area (Å²) < 4.78 is 40.0. The van der Waals surface area contributed by atoms with Crippen LogP contribution in [0, 0.1) is 17.2 Å². The fourth-order valence-electron chi connectivity index (χ4n) is 5.14. The van der Waals surface area contributed by atoms with Crippen LogP contribution in [0.25, 0.3) is 0 Å².